The van der Waals surface area contributed by atoms with E-state index in [4.69, 9.17) is 23.2 Å². The zero-order chi connectivity index (χ0) is 13.7. The molecule has 98 valence electrons. The first kappa shape index (κ1) is 13.6. The van der Waals surface area contributed by atoms with Crippen LogP contribution in [0.2, 0.25) is 10.0 Å². The summed E-state index contributed by atoms with van der Waals surface area (Å²) in [7, 11) is 0. The molecule has 1 aromatic carbocycles. The van der Waals surface area contributed by atoms with Crippen LogP contribution in [0, 0.1) is 0 Å². The molecule has 0 saturated heterocycles. The van der Waals surface area contributed by atoms with Gasteiger partial charge < -0.3 is 10.6 Å². The third kappa shape index (κ3) is 3.56. The molecule has 19 heavy (non-hydrogen) atoms. The van der Waals surface area contributed by atoms with E-state index < -0.39 is 0 Å². The molecule has 0 fully saturated rings. The molecule has 7 heteroatoms. The van der Waals surface area contributed by atoms with Gasteiger partial charge in [-0.25, -0.2) is 0 Å². The van der Waals surface area contributed by atoms with Crippen molar-refractivity contribution in [2.45, 2.75) is 0 Å². The van der Waals surface area contributed by atoms with E-state index in [-0.39, 0.29) is 0 Å². The van der Waals surface area contributed by atoms with Gasteiger partial charge in [0.1, 0.15) is 0 Å². The molecule has 2 N–H and O–H groups in total. The lowest BCUT2D eigenvalue weighted by Gasteiger charge is -2.09. The Morgan fingerprint density at radius 3 is 2.68 bits per heavy atom. The minimum Gasteiger partial charge on any atom is -0.349 e. The van der Waals surface area contributed by atoms with Gasteiger partial charge in [0.05, 0.1) is 21.9 Å². The second kappa shape index (κ2) is 6.36. The molecule has 0 aliphatic rings. The van der Waals surface area contributed by atoms with Gasteiger partial charge in [-0.05, 0) is 12.1 Å². The second-order valence-corrected chi connectivity index (χ2v) is 4.37. The van der Waals surface area contributed by atoms with Gasteiger partial charge in [-0.15, -0.1) is 11.7 Å². The van der Waals surface area contributed by atoms with Gasteiger partial charge in [0.15, 0.2) is 5.82 Å². The first-order valence-corrected chi connectivity index (χ1v) is 6.22. The number of halogens is 2. The van der Waals surface area contributed by atoms with E-state index in [9.17, 15) is 0 Å². The smallest absolute Gasteiger partial charge is 0.244 e. The lowest BCUT2D eigenvalue weighted by Crippen LogP contribution is -2.06. The van der Waals surface area contributed by atoms with Crippen LogP contribution in [0.15, 0.2) is 37.1 Å². The maximum atomic E-state index is 6.06. The summed E-state index contributed by atoms with van der Waals surface area (Å²) in [5, 5.41) is 14.6. The molecule has 0 radical (unpaired) electrons. The number of rotatable bonds is 5. The Balaban J connectivity index is 2.21. The highest BCUT2D eigenvalue weighted by atomic mass is 35.5. The van der Waals surface area contributed by atoms with E-state index in [0.29, 0.717) is 34.0 Å². The van der Waals surface area contributed by atoms with Crippen LogP contribution in [0.25, 0.3) is 0 Å². The highest BCUT2D eigenvalue weighted by Gasteiger charge is 2.07. The van der Waals surface area contributed by atoms with E-state index in [0.717, 1.165) is 0 Å². The quantitative estimate of drug-likeness (QED) is 0.827. The summed E-state index contributed by atoms with van der Waals surface area (Å²) in [6.07, 6.45) is 3.19. The summed E-state index contributed by atoms with van der Waals surface area (Å²) in [4.78, 5) is 4.23. The zero-order valence-corrected chi connectivity index (χ0v) is 11.4. The number of nitrogens with one attached hydrogen (secondary N) is 2. The molecule has 2 rings (SSSR count). The fourth-order valence-electron chi connectivity index (χ4n) is 1.35. The van der Waals surface area contributed by atoms with Crippen molar-refractivity contribution in [1.82, 2.24) is 15.2 Å². The van der Waals surface area contributed by atoms with Gasteiger partial charge in [-0.1, -0.05) is 35.3 Å². The fraction of sp³-hybridized carbons (Fsp3) is 0.0833. The highest BCUT2D eigenvalue weighted by Crippen LogP contribution is 2.31. The van der Waals surface area contributed by atoms with E-state index in [1.165, 1.54) is 6.20 Å². The van der Waals surface area contributed by atoms with Crippen molar-refractivity contribution in [3.63, 3.8) is 0 Å². The monoisotopic (exact) mass is 295 g/mol. The van der Waals surface area contributed by atoms with Crippen LogP contribution in [-0.2, 0) is 0 Å². The SMILES string of the molecule is C=CCNc1nncc(Nc2c(Cl)cccc2Cl)n1. The predicted molar refractivity (Wildman–Crippen MR) is 78.3 cm³/mol. The van der Waals surface area contributed by atoms with Crippen LogP contribution >= 0.6 is 23.2 Å². The number of para-hydroxylation sites is 1. The van der Waals surface area contributed by atoms with E-state index in [1.807, 2.05) is 0 Å². The van der Waals surface area contributed by atoms with Crippen LogP contribution in [-0.4, -0.2) is 21.7 Å². The number of nitrogens with zero attached hydrogens (tertiary/aromatic N) is 3. The molecule has 0 aliphatic heterocycles. The van der Waals surface area contributed by atoms with Gasteiger partial charge in [0, 0.05) is 6.54 Å². The number of aromatic nitrogens is 3. The highest BCUT2D eigenvalue weighted by molar-refractivity contribution is 6.39. The van der Waals surface area contributed by atoms with Gasteiger partial charge in [0.25, 0.3) is 0 Å². The van der Waals surface area contributed by atoms with Crippen molar-refractivity contribution >= 4 is 40.7 Å². The van der Waals surface area contributed by atoms with Crippen molar-refractivity contribution in [2.24, 2.45) is 0 Å². The van der Waals surface area contributed by atoms with Gasteiger partial charge in [-0.2, -0.15) is 10.1 Å². The average Bonchev–Trinajstić information content (AvgIpc) is 2.41. The first-order chi connectivity index (χ1) is 9.20. The third-order valence-corrected chi connectivity index (χ3v) is 2.81. The Kier molecular flexibility index (Phi) is 4.54. The van der Waals surface area contributed by atoms with Crippen molar-refractivity contribution in [3.05, 3.63) is 47.1 Å². The standard InChI is InChI=1S/C12H11Cl2N5/c1-2-6-15-12-18-10(7-16-19-12)17-11-8(13)4-3-5-9(11)14/h2-5,7H,1,6H2,(H2,15,17,18,19). The molecule has 0 saturated carbocycles. The summed E-state index contributed by atoms with van der Waals surface area (Å²) in [5.74, 6) is 0.893. The summed E-state index contributed by atoms with van der Waals surface area (Å²) in [6.45, 7) is 4.15. The van der Waals surface area contributed by atoms with Gasteiger partial charge >= 0.3 is 0 Å². The Hall–Kier alpha value is -1.85. The molecular formula is C12H11Cl2N5. The van der Waals surface area contributed by atoms with Crippen molar-refractivity contribution < 1.29 is 0 Å². The molecule has 0 aliphatic carbocycles. The van der Waals surface area contributed by atoms with Crippen LogP contribution in [0.3, 0.4) is 0 Å². The number of hydrogen-bond acceptors (Lipinski definition) is 5. The van der Waals surface area contributed by atoms with Gasteiger partial charge in [0.2, 0.25) is 5.95 Å². The Morgan fingerprint density at radius 2 is 2.00 bits per heavy atom. The third-order valence-electron chi connectivity index (χ3n) is 2.18. The lowest BCUT2D eigenvalue weighted by molar-refractivity contribution is 0.968. The number of anilines is 3. The summed E-state index contributed by atoms with van der Waals surface area (Å²) >= 11 is 12.1. The predicted octanol–water partition coefficient (Wildman–Crippen LogP) is 3.52. The molecular weight excluding hydrogens is 285 g/mol. The molecule has 0 spiro atoms. The molecule has 1 heterocycles. The molecule has 0 amide bonds. The first-order valence-electron chi connectivity index (χ1n) is 5.46. The molecule has 5 nitrogen and oxygen atoms in total. The van der Waals surface area contributed by atoms with E-state index >= 15 is 0 Å². The van der Waals surface area contributed by atoms with E-state index in [2.05, 4.69) is 32.4 Å². The van der Waals surface area contributed by atoms with E-state index in [1.54, 1.807) is 24.3 Å². The Morgan fingerprint density at radius 1 is 1.26 bits per heavy atom. The molecule has 0 unspecified atom stereocenters. The fourth-order valence-corrected chi connectivity index (χ4v) is 1.84. The Bertz CT molecular complexity index is 568. The van der Waals surface area contributed by atoms with Crippen LogP contribution in [0.1, 0.15) is 0 Å². The molecule has 0 bridgehead atoms. The normalized spacial score (nSPS) is 10.0. The van der Waals surface area contributed by atoms with Crippen molar-refractivity contribution in [1.29, 1.82) is 0 Å². The maximum Gasteiger partial charge on any atom is 0.244 e. The summed E-state index contributed by atoms with van der Waals surface area (Å²) in [5.41, 5.74) is 0.584. The minimum atomic E-state index is 0.396. The zero-order valence-electron chi connectivity index (χ0n) is 9.90. The summed E-state index contributed by atoms with van der Waals surface area (Å²) in [6, 6.07) is 5.24. The molecule has 1 aromatic heterocycles. The maximum absolute atomic E-state index is 6.06. The molecule has 0 atom stereocenters. The van der Waals surface area contributed by atoms with Crippen LogP contribution in [0.5, 0.6) is 0 Å². The second-order valence-electron chi connectivity index (χ2n) is 3.56. The minimum absolute atomic E-state index is 0.396. The number of benzene rings is 1. The summed E-state index contributed by atoms with van der Waals surface area (Å²) < 4.78 is 0. The van der Waals surface area contributed by atoms with Gasteiger partial charge in [-0.3, -0.25) is 0 Å². The largest absolute Gasteiger partial charge is 0.349 e. The van der Waals surface area contributed by atoms with Crippen LogP contribution < -0.4 is 10.6 Å². The topological polar surface area (TPSA) is 62.7 Å². The molecule has 2 aromatic rings. The number of hydrogen-bond donors (Lipinski definition) is 2. The van der Waals surface area contributed by atoms with Crippen molar-refractivity contribution in [3.8, 4) is 0 Å². The Labute approximate surface area is 120 Å². The van der Waals surface area contributed by atoms with Crippen LogP contribution in [0.4, 0.5) is 17.5 Å². The average molecular weight is 296 g/mol. The van der Waals surface area contributed by atoms with Crippen molar-refractivity contribution in [2.75, 3.05) is 17.2 Å². The lowest BCUT2D eigenvalue weighted by atomic mass is 10.3.